The van der Waals surface area contributed by atoms with Crippen LogP contribution in [0.1, 0.15) is 74.8 Å². The van der Waals surface area contributed by atoms with Crippen molar-refractivity contribution in [3.8, 4) is 0 Å². The second kappa shape index (κ2) is 14.6. The molecule has 0 aliphatic heterocycles. The van der Waals surface area contributed by atoms with Crippen LogP contribution in [0.15, 0.2) is 60.8 Å². The molecule has 0 spiro atoms. The fourth-order valence-electron chi connectivity index (χ4n) is 5.66. The molecule has 1 heterocycles. The average molecular weight is 577 g/mol. The summed E-state index contributed by atoms with van der Waals surface area (Å²) in [7, 11) is 0. The summed E-state index contributed by atoms with van der Waals surface area (Å²) in [5, 5.41) is 3.85. The number of para-hydroxylation sites is 1. The minimum atomic E-state index is -0.220. The maximum absolute atomic E-state index is 14.1. The van der Waals surface area contributed by atoms with E-state index in [4.69, 9.17) is 11.6 Å². The Kier molecular flexibility index (Phi) is 10.9. The number of nitrogens with zero attached hydrogens (tertiary/aromatic N) is 3. The first-order chi connectivity index (χ1) is 19.7. The van der Waals surface area contributed by atoms with Crippen molar-refractivity contribution in [2.24, 2.45) is 5.92 Å². The summed E-state index contributed by atoms with van der Waals surface area (Å²) in [4.78, 5) is 31.4. The molecule has 1 aromatic heterocycles. The molecule has 0 saturated heterocycles. The molecule has 220 valence electrons. The fraction of sp³-hybridized carbons (Fsp3) is 0.471. The summed E-state index contributed by atoms with van der Waals surface area (Å²) in [5.41, 5.74) is 4.96. The number of carbonyl (C=O) groups excluding carboxylic acids is 2. The Morgan fingerprint density at radius 2 is 1.68 bits per heavy atom. The van der Waals surface area contributed by atoms with Crippen molar-refractivity contribution < 1.29 is 9.59 Å². The molecule has 7 heteroatoms. The molecule has 0 atom stereocenters. The molecule has 0 radical (unpaired) electrons. The molecule has 1 aliphatic carbocycles. The second-order valence-corrected chi connectivity index (χ2v) is 12.2. The summed E-state index contributed by atoms with van der Waals surface area (Å²) >= 11 is 6.47. The van der Waals surface area contributed by atoms with Gasteiger partial charge in [-0.05, 0) is 73.9 Å². The summed E-state index contributed by atoms with van der Waals surface area (Å²) in [6, 6.07) is 17.9. The Labute approximate surface area is 250 Å². The largest absolute Gasteiger partial charge is 0.345 e. The number of anilines is 1. The van der Waals surface area contributed by atoms with Gasteiger partial charge in [-0.15, -0.1) is 0 Å². The summed E-state index contributed by atoms with van der Waals surface area (Å²) in [6.07, 6.45) is 8.33. The summed E-state index contributed by atoms with van der Waals surface area (Å²) in [6.45, 7) is 10.0. The van der Waals surface area contributed by atoms with E-state index in [0.29, 0.717) is 25.6 Å². The van der Waals surface area contributed by atoms with Crippen molar-refractivity contribution in [1.82, 2.24) is 14.4 Å². The maximum Gasteiger partial charge on any atom is 0.322 e. The van der Waals surface area contributed by atoms with Gasteiger partial charge >= 0.3 is 6.03 Å². The van der Waals surface area contributed by atoms with E-state index in [1.54, 1.807) is 4.90 Å². The van der Waals surface area contributed by atoms with Crippen LogP contribution in [0.4, 0.5) is 10.5 Å². The molecular weight excluding hydrogens is 532 g/mol. The Bertz CT molecular complexity index is 1290. The van der Waals surface area contributed by atoms with Gasteiger partial charge in [0, 0.05) is 41.7 Å². The van der Waals surface area contributed by atoms with Crippen LogP contribution < -0.4 is 5.32 Å². The van der Waals surface area contributed by atoms with E-state index < -0.39 is 0 Å². The number of urea groups is 1. The van der Waals surface area contributed by atoms with Gasteiger partial charge in [-0.25, -0.2) is 4.79 Å². The molecule has 0 unspecified atom stereocenters. The van der Waals surface area contributed by atoms with Gasteiger partial charge in [0.15, 0.2) is 0 Å². The Balaban J connectivity index is 1.55. The van der Waals surface area contributed by atoms with Crippen molar-refractivity contribution >= 4 is 29.2 Å². The van der Waals surface area contributed by atoms with E-state index in [1.165, 1.54) is 6.42 Å². The van der Waals surface area contributed by atoms with Crippen molar-refractivity contribution in [1.29, 1.82) is 0 Å². The highest BCUT2D eigenvalue weighted by Crippen LogP contribution is 2.26. The number of benzene rings is 2. The van der Waals surface area contributed by atoms with Crippen LogP contribution in [0.5, 0.6) is 0 Å². The molecule has 1 fully saturated rings. The number of hydrogen-bond donors (Lipinski definition) is 1. The molecule has 1 aliphatic rings. The average Bonchev–Trinajstić information content (AvgIpc) is 3.39. The number of halogens is 1. The zero-order valence-electron chi connectivity index (χ0n) is 25.0. The lowest BCUT2D eigenvalue weighted by atomic mass is 9.94. The Morgan fingerprint density at radius 1 is 0.976 bits per heavy atom. The van der Waals surface area contributed by atoms with Gasteiger partial charge in [0.25, 0.3) is 0 Å². The predicted molar refractivity (Wildman–Crippen MR) is 168 cm³/mol. The third-order valence-corrected chi connectivity index (χ3v) is 8.56. The third kappa shape index (κ3) is 8.38. The number of hydrogen-bond acceptors (Lipinski definition) is 2. The lowest BCUT2D eigenvalue weighted by molar-refractivity contribution is -0.135. The van der Waals surface area contributed by atoms with E-state index in [0.717, 1.165) is 65.2 Å². The highest BCUT2D eigenvalue weighted by Gasteiger charge is 2.29. The Morgan fingerprint density at radius 3 is 2.37 bits per heavy atom. The van der Waals surface area contributed by atoms with Crippen LogP contribution in [0.2, 0.25) is 5.02 Å². The second-order valence-electron chi connectivity index (χ2n) is 11.8. The zero-order chi connectivity index (χ0) is 29.4. The molecule has 1 saturated carbocycles. The summed E-state index contributed by atoms with van der Waals surface area (Å²) < 4.78 is 2.18. The lowest BCUT2D eigenvalue weighted by Crippen LogP contribution is -2.48. The number of amides is 3. The van der Waals surface area contributed by atoms with E-state index in [9.17, 15) is 9.59 Å². The topological polar surface area (TPSA) is 57.6 Å². The molecule has 3 amide bonds. The summed E-state index contributed by atoms with van der Waals surface area (Å²) in [5.74, 6) is 0.422. The maximum atomic E-state index is 14.1. The van der Waals surface area contributed by atoms with Crippen LogP contribution in [0.3, 0.4) is 0 Å². The van der Waals surface area contributed by atoms with Crippen molar-refractivity contribution in [3.63, 3.8) is 0 Å². The van der Waals surface area contributed by atoms with Gasteiger partial charge < -0.3 is 19.7 Å². The molecule has 2 aromatic carbocycles. The molecular formula is C34H45ClN4O2. The first-order valence-electron chi connectivity index (χ1n) is 15.0. The highest BCUT2D eigenvalue weighted by molar-refractivity contribution is 6.31. The molecule has 1 N–H and O–H groups in total. The first kappa shape index (κ1) is 30.7. The van der Waals surface area contributed by atoms with Crippen LogP contribution in [0.25, 0.3) is 0 Å². The van der Waals surface area contributed by atoms with Crippen LogP contribution in [-0.4, -0.2) is 45.4 Å². The van der Waals surface area contributed by atoms with E-state index >= 15 is 0 Å². The zero-order valence-corrected chi connectivity index (χ0v) is 25.8. The van der Waals surface area contributed by atoms with Crippen molar-refractivity contribution in [2.75, 3.05) is 18.4 Å². The van der Waals surface area contributed by atoms with E-state index in [-0.39, 0.29) is 24.5 Å². The number of carbonyl (C=O) groups is 2. The molecule has 41 heavy (non-hydrogen) atoms. The number of nitrogens with one attached hydrogen (secondary N) is 1. The third-order valence-electron chi connectivity index (χ3n) is 8.19. The molecule has 0 bridgehead atoms. The predicted octanol–water partition coefficient (Wildman–Crippen LogP) is 8.05. The monoisotopic (exact) mass is 576 g/mol. The molecule has 3 aromatic rings. The fourth-order valence-corrected chi connectivity index (χ4v) is 5.86. The minimum Gasteiger partial charge on any atom is -0.345 e. The van der Waals surface area contributed by atoms with Gasteiger partial charge in [0.05, 0.1) is 6.54 Å². The normalized spacial score (nSPS) is 13.8. The lowest BCUT2D eigenvalue weighted by Gasteiger charge is -2.36. The first-order valence-corrected chi connectivity index (χ1v) is 15.4. The Hall–Kier alpha value is -3.25. The SMILES string of the molecule is Cc1cccc(C)c1NC(=O)N(CCC(C)C)CC(=O)N(Cc1cccn1Cc1ccccc1Cl)C1CCCCC1. The van der Waals surface area contributed by atoms with Crippen molar-refractivity contribution in [3.05, 3.63) is 88.2 Å². The number of aryl methyl sites for hydroxylation is 2. The molecule has 6 nitrogen and oxygen atoms in total. The van der Waals surface area contributed by atoms with Gasteiger partial charge in [0.2, 0.25) is 5.91 Å². The van der Waals surface area contributed by atoms with Gasteiger partial charge in [-0.1, -0.05) is 81.1 Å². The van der Waals surface area contributed by atoms with Crippen LogP contribution in [-0.2, 0) is 17.9 Å². The standard InChI is InChI=1S/C34H45ClN4O2/c1-25(2)19-21-38(34(41)36-33-26(3)12-10-13-27(33)4)24-32(40)39(29-15-6-5-7-16-29)23-30-17-11-20-37(30)22-28-14-8-9-18-31(28)35/h8-14,17-18,20,25,29H,5-7,15-16,19,21-24H2,1-4H3,(H,36,41). The van der Waals surface area contributed by atoms with Crippen LogP contribution in [0, 0.1) is 19.8 Å². The number of aromatic nitrogens is 1. The minimum absolute atomic E-state index is 0.00260. The molecule has 4 rings (SSSR count). The van der Waals surface area contributed by atoms with Gasteiger partial charge in [-0.2, -0.15) is 0 Å². The van der Waals surface area contributed by atoms with E-state index in [1.807, 2.05) is 67.3 Å². The van der Waals surface area contributed by atoms with Crippen molar-refractivity contribution in [2.45, 2.75) is 85.4 Å². The quantitative estimate of drug-likeness (QED) is 0.251. The van der Waals surface area contributed by atoms with Gasteiger partial charge in [0.1, 0.15) is 6.54 Å². The smallest absolute Gasteiger partial charge is 0.322 e. The van der Waals surface area contributed by atoms with E-state index in [2.05, 4.69) is 36.0 Å². The highest BCUT2D eigenvalue weighted by atomic mass is 35.5. The van der Waals surface area contributed by atoms with Crippen LogP contribution >= 0.6 is 11.6 Å². The van der Waals surface area contributed by atoms with Gasteiger partial charge in [-0.3, -0.25) is 4.79 Å². The number of rotatable bonds is 11.